The molecule has 1 amide bonds. The minimum atomic E-state index is -0.909. The lowest BCUT2D eigenvalue weighted by molar-refractivity contribution is -0.139. The van der Waals surface area contributed by atoms with Crippen LogP contribution in [0.4, 0.5) is 0 Å². The third-order valence-electron chi connectivity index (χ3n) is 4.20. The van der Waals surface area contributed by atoms with Crippen molar-refractivity contribution in [3.63, 3.8) is 0 Å². The van der Waals surface area contributed by atoms with E-state index in [-0.39, 0.29) is 18.0 Å². The lowest BCUT2D eigenvalue weighted by atomic mass is 9.74. The Morgan fingerprint density at radius 2 is 2.00 bits per heavy atom. The molecule has 0 bridgehead atoms. The third kappa shape index (κ3) is 3.23. The lowest BCUT2D eigenvalue weighted by Gasteiger charge is -2.41. The van der Waals surface area contributed by atoms with Crippen LogP contribution in [0.1, 0.15) is 41.7 Å². The van der Waals surface area contributed by atoms with Crippen molar-refractivity contribution in [1.29, 1.82) is 0 Å². The quantitative estimate of drug-likeness (QED) is 0.875. The van der Waals surface area contributed by atoms with E-state index in [0.29, 0.717) is 12.8 Å². The number of benzene rings is 1. The van der Waals surface area contributed by atoms with Gasteiger partial charge in [0.05, 0.1) is 23.8 Å². The van der Waals surface area contributed by atoms with Crippen molar-refractivity contribution in [2.45, 2.75) is 38.1 Å². The van der Waals surface area contributed by atoms with E-state index in [1.54, 1.807) is 6.20 Å². The first-order valence-corrected chi connectivity index (χ1v) is 7.51. The van der Waals surface area contributed by atoms with E-state index in [1.165, 1.54) is 4.68 Å². The number of aromatic nitrogens is 3. The summed E-state index contributed by atoms with van der Waals surface area (Å²) in [6.07, 6.45) is 3.76. The van der Waals surface area contributed by atoms with Crippen LogP contribution in [0.25, 0.3) is 5.69 Å². The molecule has 1 aromatic carbocycles. The summed E-state index contributed by atoms with van der Waals surface area (Å²) < 4.78 is 1.53. The summed E-state index contributed by atoms with van der Waals surface area (Å²) >= 11 is 0. The molecule has 1 fully saturated rings. The van der Waals surface area contributed by atoms with Crippen molar-refractivity contribution in [3.8, 4) is 5.69 Å². The zero-order chi connectivity index (χ0) is 16.4. The fourth-order valence-electron chi connectivity index (χ4n) is 2.74. The van der Waals surface area contributed by atoms with E-state index < -0.39 is 11.5 Å². The molecule has 2 aromatic rings. The van der Waals surface area contributed by atoms with Gasteiger partial charge in [-0.25, -0.2) is 4.68 Å². The van der Waals surface area contributed by atoms with Gasteiger partial charge in [-0.2, -0.15) is 0 Å². The van der Waals surface area contributed by atoms with E-state index in [4.69, 9.17) is 5.11 Å². The zero-order valence-corrected chi connectivity index (χ0v) is 12.8. The fraction of sp³-hybridized carbons (Fsp3) is 0.375. The van der Waals surface area contributed by atoms with E-state index in [9.17, 15) is 9.59 Å². The van der Waals surface area contributed by atoms with E-state index in [1.807, 2.05) is 31.2 Å². The molecule has 0 aliphatic heterocycles. The molecular weight excluding hydrogens is 296 g/mol. The highest BCUT2D eigenvalue weighted by Gasteiger charge is 2.40. The Morgan fingerprint density at radius 1 is 1.30 bits per heavy atom. The average molecular weight is 314 g/mol. The molecule has 7 nitrogen and oxygen atoms in total. The third-order valence-corrected chi connectivity index (χ3v) is 4.20. The van der Waals surface area contributed by atoms with Crippen LogP contribution >= 0.6 is 0 Å². The van der Waals surface area contributed by atoms with Crippen LogP contribution in [-0.2, 0) is 4.79 Å². The van der Waals surface area contributed by atoms with Crippen LogP contribution in [0.2, 0.25) is 0 Å². The number of aliphatic carboxylic acids is 1. The molecule has 2 N–H and O–H groups in total. The smallest absolute Gasteiger partial charge is 0.305 e. The maximum atomic E-state index is 12.3. The van der Waals surface area contributed by atoms with Gasteiger partial charge < -0.3 is 10.4 Å². The highest BCUT2D eigenvalue weighted by atomic mass is 16.4. The first kappa shape index (κ1) is 15.2. The number of nitrogens with one attached hydrogen (secondary N) is 1. The second kappa shape index (κ2) is 5.83. The van der Waals surface area contributed by atoms with Crippen LogP contribution in [0.3, 0.4) is 0 Å². The number of amides is 1. The first-order chi connectivity index (χ1) is 11.0. The standard InChI is InChI=1S/C16H18N4O3/c1-11-3-5-12(6-4-11)20-10-13(18-19-20)15(23)17-16(7-2-8-16)9-14(21)22/h3-6,10H,2,7-9H2,1H3,(H,17,23)(H,21,22). The molecule has 0 atom stereocenters. The molecule has 1 aliphatic carbocycles. The summed E-state index contributed by atoms with van der Waals surface area (Å²) in [5.74, 6) is -1.29. The molecule has 1 aromatic heterocycles. The van der Waals surface area contributed by atoms with Crippen LogP contribution in [0, 0.1) is 6.92 Å². The normalized spacial score (nSPS) is 15.7. The number of hydrogen-bond acceptors (Lipinski definition) is 4. The number of carboxylic acids is 1. The van der Waals surface area contributed by atoms with Gasteiger partial charge in [0, 0.05) is 0 Å². The van der Waals surface area contributed by atoms with Crippen LogP contribution in [0.15, 0.2) is 30.5 Å². The van der Waals surface area contributed by atoms with Gasteiger partial charge in [0.25, 0.3) is 5.91 Å². The Morgan fingerprint density at radius 3 is 2.57 bits per heavy atom. The van der Waals surface area contributed by atoms with Crippen molar-refractivity contribution >= 4 is 11.9 Å². The predicted octanol–water partition coefficient (Wildman–Crippen LogP) is 1.70. The van der Waals surface area contributed by atoms with Gasteiger partial charge in [-0.1, -0.05) is 22.9 Å². The Labute approximate surface area is 133 Å². The minimum Gasteiger partial charge on any atom is -0.481 e. The molecule has 7 heteroatoms. The summed E-state index contributed by atoms with van der Waals surface area (Å²) in [5, 5.41) is 19.7. The highest BCUT2D eigenvalue weighted by Crippen LogP contribution is 2.35. The summed E-state index contributed by atoms with van der Waals surface area (Å²) in [5.41, 5.74) is 1.48. The van der Waals surface area contributed by atoms with Crippen LogP contribution in [-0.4, -0.2) is 37.5 Å². The number of carbonyl (C=O) groups is 2. The maximum absolute atomic E-state index is 12.3. The Balaban J connectivity index is 1.73. The van der Waals surface area contributed by atoms with Gasteiger partial charge in [-0.3, -0.25) is 9.59 Å². The number of carboxylic acid groups (broad SMARTS) is 1. The van der Waals surface area contributed by atoms with E-state index in [2.05, 4.69) is 15.6 Å². The van der Waals surface area contributed by atoms with Crippen molar-refractivity contribution in [1.82, 2.24) is 20.3 Å². The fourth-order valence-corrected chi connectivity index (χ4v) is 2.74. The van der Waals surface area contributed by atoms with Gasteiger partial charge in [-0.05, 0) is 38.3 Å². The summed E-state index contributed by atoms with van der Waals surface area (Å²) in [4.78, 5) is 23.3. The van der Waals surface area contributed by atoms with Crippen molar-refractivity contribution < 1.29 is 14.7 Å². The van der Waals surface area contributed by atoms with Gasteiger partial charge in [0.15, 0.2) is 5.69 Å². The average Bonchev–Trinajstić information content (AvgIpc) is 2.95. The molecule has 23 heavy (non-hydrogen) atoms. The summed E-state index contributed by atoms with van der Waals surface area (Å²) in [6, 6.07) is 7.69. The number of rotatable bonds is 5. The van der Waals surface area contributed by atoms with Crippen LogP contribution < -0.4 is 5.32 Å². The Hall–Kier alpha value is -2.70. The molecule has 0 radical (unpaired) electrons. The van der Waals surface area contributed by atoms with Crippen molar-refractivity contribution in [2.24, 2.45) is 0 Å². The number of aryl methyl sites for hydroxylation is 1. The molecule has 3 rings (SSSR count). The molecule has 1 heterocycles. The minimum absolute atomic E-state index is 0.0646. The second-order valence-corrected chi connectivity index (χ2v) is 6.04. The first-order valence-electron chi connectivity index (χ1n) is 7.51. The highest BCUT2D eigenvalue weighted by molar-refractivity contribution is 5.93. The summed E-state index contributed by atoms with van der Waals surface area (Å²) in [6.45, 7) is 1.99. The second-order valence-electron chi connectivity index (χ2n) is 6.04. The molecular formula is C16H18N4O3. The van der Waals surface area contributed by atoms with Gasteiger partial charge >= 0.3 is 5.97 Å². The monoisotopic (exact) mass is 314 g/mol. The van der Waals surface area contributed by atoms with Gasteiger partial charge in [-0.15, -0.1) is 5.10 Å². The summed E-state index contributed by atoms with van der Waals surface area (Å²) in [7, 11) is 0. The molecule has 120 valence electrons. The van der Waals surface area contributed by atoms with Crippen LogP contribution in [0.5, 0.6) is 0 Å². The van der Waals surface area contributed by atoms with Gasteiger partial charge in [0.1, 0.15) is 0 Å². The Kier molecular flexibility index (Phi) is 3.85. The van der Waals surface area contributed by atoms with E-state index in [0.717, 1.165) is 17.7 Å². The molecule has 0 saturated heterocycles. The molecule has 0 spiro atoms. The zero-order valence-electron chi connectivity index (χ0n) is 12.8. The van der Waals surface area contributed by atoms with Gasteiger partial charge in [0.2, 0.25) is 0 Å². The van der Waals surface area contributed by atoms with Crippen molar-refractivity contribution in [2.75, 3.05) is 0 Å². The maximum Gasteiger partial charge on any atom is 0.305 e. The number of carbonyl (C=O) groups excluding carboxylic acids is 1. The van der Waals surface area contributed by atoms with Crippen molar-refractivity contribution in [3.05, 3.63) is 41.7 Å². The molecule has 1 saturated carbocycles. The molecule has 1 aliphatic rings. The topological polar surface area (TPSA) is 97.1 Å². The Bertz CT molecular complexity index is 732. The molecule has 0 unspecified atom stereocenters. The van der Waals surface area contributed by atoms with E-state index >= 15 is 0 Å². The SMILES string of the molecule is Cc1ccc(-n2cc(C(=O)NC3(CC(=O)O)CCC3)nn2)cc1. The predicted molar refractivity (Wildman–Crippen MR) is 82.4 cm³/mol. The lowest BCUT2D eigenvalue weighted by Crippen LogP contribution is -2.54. The number of nitrogens with zero attached hydrogens (tertiary/aromatic N) is 3. The largest absolute Gasteiger partial charge is 0.481 e. The number of hydrogen-bond donors (Lipinski definition) is 2.